The Morgan fingerprint density at radius 1 is 1.04 bits per heavy atom. The molecule has 0 fully saturated rings. The third-order valence-electron chi connectivity index (χ3n) is 4.60. The van der Waals surface area contributed by atoms with E-state index in [1.165, 1.54) is 6.92 Å². The number of rotatable bonds is 7. The predicted octanol–water partition coefficient (Wildman–Crippen LogP) is 2.61. The lowest BCUT2D eigenvalue weighted by Gasteiger charge is -2.08. The van der Waals surface area contributed by atoms with Crippen LogP contribution < -0.4 is 5.32 Å². The van der Waals surface area contributed by atoms with Crippen molar-refractivity contribution in [3.8, 4) is 0 Å². The van der Waals surface area contributed by atoms with Gasteiger partial charge in [0.2, 0.25) is 5.78 Å². The lowest BCUT2D eigenvalue weighted by Crippen LogP contribution is -2.31. The van der Waals surface area contributed by atoms with E-state index in [1.54, 1.807) is 26.0 Å². The van der Waals surface area contributed by atoms with Gasteiger partial charge >= 0.3 is 5.97 Å². The Bertz CT molecular complexity index is 956. The minimum absolute atomic E-state index is 0.142. The minimum atomic E-state index is -0.724. The summed E-state index contributed by atoms with van der Waals surface area (Å²) in [5.74, 6) is -1.70. The van der Waals surface area contributed by atoms with Crippen molar-refractivity contribution in [2.45, 2.75) is 34.6 Å². The van der Waals surface area contributed by atoms with E-state index in [0.29, 0.717) is 22.4 Å². The van der Waals surface area contributed by atoms with Crippen molar-refractivity contribution in [2.75, 3.05) is 13.2 Å². The van der Waals surface area contributed by atoms with E-state index in [-0.39, 0.29) is 18.0 Å². The molecular weight excluding hydrogens is 360 g/mol. The van der Waals surface area contributed by atoms with Crippen LogP contribution in [0.2, 0.25) is 0 Å². The van der Waals surface area contributed by atoms with Gasteiger partial charge in [0.1, 0.15) is 6.54 Å². The third-order valence-corrected chi connectivity index (χ3v) is 4.60. The highest BCUT2D eigenvalue weighted by atomic mass is 16.5. The van der Waals surface area contributed by atoms with Crippen molar-refractivity contribution in [1.29, 1.82) is 0 Å². The van der Waals surface area contributed by atoms with Gasteiger partial charge in [-0.05, 0) is 63.4 Å². The summed E-state index contributed by atoms with van der Waals surface area (Å²) >= 11 is 0. The maximum absolute atomic E-state index is 12.3. The normalized spacial score (nSPS) is 10.5. The van der Waals surface area contributed by atoms with Crippen molar-refractivity contribution in [2.24, 2.45) is 0 Å². The lowest BCUT2D eigenvalue weighted by atomic mass is 10.1. The van der Waals surface area contributed by atoms with Gasteiger partial charge in [0.15, 0.2) is 12.4 Å². The fourth-order valence-corrected chi connectivity index (χ4v) is 2.96. The Morgan fingerprint density at radius 3 is 2.29 bits per heavy atom. The number of Topliss-reactive ketones (excluding diaryl/α,β-unsaturated/α-hetero) is 2. The van der Waals surface area contributed by atoms with Crippen molar-refractivity contribution in [3.05, 3.63) is 57.4 Å². The summed E-state index contributed by atoms with van der Waals surface area (Å²) in [7, 11) is 0. The molecule has 0 aliphatic rings. The molecule has 0 atom stereocenters. The van der Waals surface area contributed by atoms with E-state index in [1.807, 2.05) is 19.9 Å². The molecule has 7 heteroatoms. The Balaban J connectivity index is 1.89. The van der Waals surface area contributed by atoms with Crippen LogP contribution in [0.3, 0.4) is 0 Å². The van der Waals surface area contributed by atoms with Gasteiger partial charge in [-0.25, -0.2) is 0 Å². The van der Waals surface area contributed by atoms with Crippen LogP contribution in [0.15, 0.2) is 18.2 Å². The number of ether oxygens (including phenoxy) is 1. The zero-order valence-corrected chi connectivity index (χ0v) is 16.7. The fourth-order valence-electron chi connectivity index (χ4n) is 2.96. The second-order valence-electron chi connectivity index (χ2n) is 6.75. The number of benzene rings is 1. The third kappa shape index (κ3) is 4.73. The first kappa shape index (κ1) is 21.1. The number of aromatic amines is 1. The van der Waals surface area contributed by atoms with E-state index in [9.17, 15) is 19.2 Å². The van der Waals surface area contributed by atoms with E-state index in [4.69, 9.17) is 4.74 Å². The monoisotopic (exact) mass is 384 g/mol. The smallest absolute Gasteiger partial charge is 0.325 e. The molecule has 0 unspecified atom stereocenters. The summed E-state index contributed by atoms with van der Waals surface area (Å²) in [4.78, 5) is 50.7. The van der Waals surface area contributed by atoms with Crippen molar-refractivity contribution < 1.29 is 23.9 Å². The van der Waals surface area contributed by atoms with Crippen LogP contribution in [0.1, 0.15) is 60.5 Å². The molecule has 0 aliphatic carbocycles. The number of carbonyl (C=O) groups excluding carboxylic acids is 4. The minimum Gasteiger partial charge on any atom is -0.456 e. The fraction of sp³-hybridized carbons (Fsp3) is 0.333. The van der Waals surface area contributed by atoms with Crippen LogP contribution in [0.4, 0.5) is 0 Å². The molecule has 1 aromatic heterocycles. The Kier molecular flexibility index (Phi) is 6.51. The molecule has 7 nitrogen and oxygen atoms in total. The molecule has 1 aromatic carbocycles. The van der Waals surface area contributed by atoms with Crippen molar-refractivity contribution in [3.63, 3.8) is 0 Å². The zero-order valence-electron chi connectivity index (χ0n) is 16.7. The quantitative estimate of drug-likeness (QED) is 0.564. The number of H-pyrrole nitrogens is 1. The lowest BCUT2D eigenvalue weighted by molar-refractivity contribution is -0.141. The van der Waals surface area contributed by atoms with Gasteiger partial charge in [-0.1, -0.05) is 6.07 Å². The second-order valence-corrected chi connectivity index (χ2v) is 6.75. The van der Waals surface area contributed by atoms with Crippen LogP contribution >= 0.6 is 0 Å². The molecule has 1 heterocycles. The molecule has 148 valence electrons. The van der Waals surface area contributed by atoms with E-state index in [0.717, 1.165) is 11.1 Å². The SMILES string of the molecule is CC(=O)c1c(C)[nH]c(C(=O)COC(=O)CNC(=O)c2ccc(C)c(C)c2)c1C. The maximum Gasteiger partial charge on any atom is 0.325 e. The molecule has 0 spiro atoms. The second kappa shape index (κ2) is 8.65. The summed E-state index contributed by atoms with van der Waals surface area (Å²) in [6.07, 6.45) is 0. The first-order chi connectivity index (χ1) is 13.1. The number of aryl methyl sites for hydroxylation is 3. The summed E-state index contributed by atoms with van der Waals surface area (Å²) < 4.78 is 4.94. The Morgan fingerprint density at radius 2 is 1.71 bits per heavy atom. The summed E-state index contributed by atoms with van der Waals surface area (Å²) in [6.45, 7) is 7.81. The predicted molar refractivity (Wildman–Crippen MR) is 104 cm³/mol. The summed E-state index contributed by atoms with van der Waals surface area (Å²) in [6, 6.07) is 5.25. The molecule has 28 heavy (non-hydrogen) atoms. The van der Waals surface area contributed by atoms with Crippen LogP contribution in [-0.4, -0.2) is 41.6 Å². The number of aromatic nitrogens is 1. The number of nitrogens with one attached hydrogen (secondary N) is 2. The maximum atomic E-state index is 12.3. The number of amides is 1. The van der Waals surface area contributed by atoms with E-state index < -0.39 is 24.3 Å². The van der Waals surface area contributed by atoms with E-state index >= 15 is 0 Å². The summed E-state index contributed by atoms with van der Waals surface area (Å²) in [5, 5.41) is 2.47. The van der Waals surface area contributed by atoms with Gasteiger partial charge in [-0.2, -0.15) is 0 Å². The highest BCUT2D eigenvalue weighted by Gasteiger charge is 2.21. The van der Waals surface area contributed by atoms with Gasteiger partial charge < -0.3 is 15.0 Å². The number of hydrogen-bond acceptors (Lipinski definition) is 5. The first-order valence-corrected chi connectivity index (χ1v) is 8.86. The van der Waals surface area contributed by atoms with Gasteiger partial charge in [0.25, 0.3) is 5.91 Å². The topological polar surface area (TPSA) is 105 Å². The van der Waals surface area contributed by atoms with Crippen LogP contribution in [-0.2, 0) is 9.53 Å². The van der Waals surface area contributed by atoms with Gasteiger partial charge in [-0.15, -0.1) is 0 Å². The van der Waals surface area contributed by atoms with Crippen molar-refractivity contribution >= 4 is 23.4 Å². The van der Waals surface area contributed by atoms with Gasteiger partial charge in [0, 0.05) is 16.8 Å². The molecule has 0 radical (unpaired) electrons. The Hall–Kier alpha value is -3.22. The molecule has 0 saturated carbocycles. The Labute approximate surface area is 163 Å². The molecule has 1 amide bonds. The van der Waals surface area contributed by atoms with Gasteiger partial charge in [0.05, 0.1) is 5.69 Å². The molecule has 0 aliphatic heterocycles. The van der Waals surface area contributed by atoms with Crippen LogP contribution in [0.25, 0.3) is 0 Å². The average Bonchev–Trinajstić information content (AvgIpc) is 2.94. The number of hydrogen-bond donors (Lipinski definition) is 2. The summed E-state index contributed by atoms with van der Waals surface area (Å²) in [5.41, 5.74) is 4.33. The highest BCUT2D eigenvalue weighted by molar-refractivity contribution is 6.04. The molecule has 2 rings (SSSR count). The first-order valence-electron chi connectivity index (χ1n) is 8.86. The van der Waals surface area contributed by atoms with E-state index in [2.05, 4.69) is 10.3 Å². The van der Waals surface area contributed by atoms with Crippen LogP contribution in [0, 0.1) is 27.7 Å². The molecular formula is C21H24N2O5. The molecule has 2 aromatic rings. The standard InChI is InChI=1S/C21H24N2O5/c1-11-6-7-16(8-12(11)2)21(27)22-9-18(26)28-10-17(25)20-13(3)19(15(5)24)14(4)23-20/h6-8,23H,9-10H2,1-5H3,(H,22,27). The molecule has 0 bridgehead atoms. The number of carbonyl (C=O) groups is 4. The largest absolute Gasteiger partial charge is 0.456 e. The zero-order chi connectivity index (χ0) is 21.0. The van der Waals surface area contributed by atoms with Gasteiger partial charge in [-0.3, -0.25) is 19.2 Å². The number of ketones is 2. The van der Waals surface area contributed by atoms with Crippen molar-refractivity contribution in [1.82, 2.24) is 10.3 Å². The average molecular weight is 384 g/mol. The highest BCUT2D eigenvalue weighted by Crippen LogP contribution is 2.19. The van der Waals surface area contributed by atoms with Crippen LogP contribution in [0.5, 0.6) is 0 Å². The number of esters is 1. The molecule has 0 saturated heterocycles. The molecule has 2 N–H and O–H groups in total.